The van der Waals surface area contributed by atoms with Gasteiger partial charge in [-0.2, -0.15) is 0 Å². The highest BCUT2D eigenvalue weighted by atomic mass is 35.5. The minimum atomic E-state index is -2.68. The minimum Gasteiger partial charge on any atom is -0.485 e. The lowest BCUT2D eigenvalue weighted by atomic mass is 10.2. The Morgan fingerprint density at radius 1 is 1.25 bits per heavy atom. The molecule has 0 bridgehead atoms. The number of rotatable bonds is 5. The van der Waals surface area contributed by atoms with Gasteiger partial charge in [-0.25, -0.2) is 13.8 Å². The lowest BCUT2D eigenvalue weighted by Crippen LogP contribution is -1.98. The monoisotopic (exact) mass is 350 g/mol. The average Bonchev–Trinajstić information content (AvgIpc) is 3.31. The fourth-order valence-corrected chi connectivity index (χ4v) is 2.71. The first-order chi connectivity index (χ1) is 11.6. The number of alkyl halides is 2. The van der Waals surface area contributed by atoms with Crippen LogP contribution >= 0.6 is 11.6 Å². The minimum absolute atomic E-state index is 0.105. The van der Waals surface area contributed by atoms with Gasteiger partial charge < -0.3 is 9.26 Å². The van der Waals surface area contributed by atoms with E-state index in [0.29, 0.717) is 33.4 Å². The number of hydrogen-bond acceptors (Lipinski definition) is 4. The molecule has 4 rings (SSSR count). The average molecular weight is 351 g/mol. The summed E-state index contributed by atoms with van der Waals surface area (Å²) in [6.45, 7) is 0.105. The Bertz CT molecular complexity index is 893. The molecule has 0 spiro atoms. The van der Waals surface area contributed by atoms with E-state index >= 15 is 0 Å². The van der Waals surface area contributed by atoms with Crippen LogP contribution in [0.15, 0.2) is 34.9 Å². The quantitative estimate of drug-likeness (QED) is 0.629. The molecule has 0 amide bonds. The molecule has 24 heavy (non-hydrogen) atoms. The Morgan fingerprint density at radius 3 is 2.83 bits per heavy atom. The number of fused-ring (bicyclic) bond motifs is 1. The number of benzene rings is 1. The van der Waals surface area contributed by atoms with Gasteiger partial charge in [-0.3, -0.25) is 0 Å². The Labute approximate surface area is 141 Å². The summed E-state index contributed by atoms with van der Waals surface area (Å²) >= 11 is 6.00. The van der Waals surface area contributed by atoms with Crippen LogP contribution in [-0.4, -0.2) is 10.1 Å². The summed E-state index contributed by atoms with van der Waals surface area (Å²) in [6.07, 6.45) is -0.435. The molecule has 1 aromatic carbocycles. The van der Waals surface area contributed by atoms with E-state index in [1.165, 1.54) is 6.07 Å². The fourth-order valence-electron chi connectivity index (χ4n) is 2.54. The van der Waals surface area contributed by atoms with Crippen molar-refractivity contribution in [2.75, 3.05) is 0 Å². The summed E-state index contributed by atoms with van der Waals surface area (Å²) in [5.74, 6) is 1.33. The Hall–Kier alpha value is -2.21. The molecule has 3 aromatic rings. The van der Waals surface area contributed by atoms with Crippen molar-refractivity contribution >= 4 is 22.5 Å². The molecular formula is C17H13ClF2N2O2. The number of hydrogen-bond donors (Lipinski definition) is 0. The third-order valence-corrected chi connectivity index (χ3v) is 4.15. The zero-order valence-corrected chi connectivity index (χ0v) is 13.3. The lowest BCUT2D eigenvalue weighted by Gasteiger charge is -2.10. The Morgan fingerprint density at radius 2 is 2.08 bits per heavy atom. The van der Waals surface area contributed by atoms with Gasteiger partial charge in [0.1, 0.15) is 18.1 Å². The van der Waals surface area contributed by atoms with Gasteiger partial charge in [0.15, 0.2) is 5.76 Å². The maximum atomic E-state index is 13.0. The van der Waals surface area contributed by atoms with Crippen LogP contribution in [0.5, 0.6) is 5.75 Å². The van der Waals surface area contributed by atoms with Gasteiger partial charge in [-0.15, -0.1) is 0 Å². The highest BCUT2D eigenvalue weighted by molar-refractivity contribution is 6.31. The molecule has 2 aromatic heterocycles. The smallest absolute Gasteiger partial charge is 0.280 e. The summed E-state index contributed by atoms with van der Waals surface area (Å²) in [4.78, 5) is 3.94. The molecule has 7 heteroatoms. The van der Waals surface area contributed by atoms with Crippen molar-refractivity contribution in [2.24, 2.45) is 0 Å². The molecule has 0 N–H and O–H groups in total. The van der Waals surface area contributed by atoms with E-state index in [1.807, 2.05) is 6.07 Å². The summed E-state index contributed by atoms with van der Waals surface area (Å²) in [7, 11) is 0. The molecule has 0 saturated heterocycles. The molecule has 0 radical (unpaired) electrons. The molecule has 0 aliphatic heterocycles. The van der Waals surface area contributed by atoms with Crippen LogP contribution < -0.4 is 4.74 Å². The summed E-state index contributed by atoms with van der Waals surface area (Å²) in [5.41, 5.74) is 0.990. The van der Waals surface area contributed by atoms with Crippen LogP contribution in [0.4, 0.5) is 8.78 Å². The third kappa shape index (κ3) is 3.06. The molecule has 2 heterocycles. The van der Waals surface area contributed by atoms with E-state index < -0.39 is 6.43 Å². The van der Waals surface area contributed by atoms with Gasteiger partial charge in [0, 0.05) is 28.5 Å². The first kappa shape index (κ1) is 15.3. The standard InChI is InChI=1S/C17H13ClF2N2O2/c18-10-3-4-13-12(5-10)16(7-15(21-13)17(19)20)23-8-11-6-14(22-24-11)9-1-2-9/h3-7,9,17H,1-2,8H2. The summed E-state index contributed by atoms with van der Waals surface area (Å²) in [5, 5.41) is 5.06. The number of ether oxygens (including phenoxy) is 1. The highest BCUT2D eigenvalue weighted by Crippen LogP contribution is 2.39. The molecular weight excluding hydrogens is 338 g/mol. The normalized spacial score (nSPS) is 14.5. The van der Waals surface area contributed by atoms with E-state index in [1.54, 1.807) is 18.2 Å². The van der Waals surface area contributed by atoms with Crippen molar-refractivity contribution in [3.63, 3.8) is 0 Å². The second kappa shape index (κ2) is 6.02. The van der Waals surface area contributed by atoms with Gasteiger partial charge >= 0.3 is 0 Å². The second-order valence-corrected chi connectivity index (χ2v) is 6.22. The van der Waals surface area contributed by atoms with Gasteiger partial charge in [0.25, 0.3) is 6.43 Å². The molecule has 124 valence electrons. The molecule has 0 unspecified atom stereocenters. The lowest BCUT2D eigenvalue weighted by molar-refractivity contribution is 0.145. The SMILES string of the molecule is FC(F)c1cc(OCc2cc(C3CC3)no2)c2cc(Cl)ccc2n1. The van der Waals surface area contributed by atoms with Crippen molar-refractivity contribution in [1.29, 1.82) is 0 Å². The van der Waals surface area contributed by atoms with Gasteiger partial charge in [-0.05, 0) is 31.0 Å². The topological polar surface area (TPSA) is 48.2 Å². The Balaban J connectivity index is 1.64. The Kier molecular flexibility index (Phi) is 3.84. The zero-order chi connectivity index (χ0) is 16.7. The highest BCUT2D eigenvalue weighted by Gasteiger charge is 2.27. The number of halogens is 3. The van der Waals surface area contributed by atoms with Gasteiger partial charge in [0.2, 0.25) is 0 Å². The van der Waals surface area contributed by atoms with Crippen LogP contribution in [0.1, 0.15) is 42.3 Å². The van der Waals surface area contributed by atoms with Crippen LogP contribution in [0.25, 0.3) is 10.9 Å². The molecule has 1 saturated carbocycles. The predicted molar refractivity (Wildman–Crippen MR) is 84.5 cm³/mol. The van der Waals surface area contributed by atoms with Gasteiger partial charge in [-0.1, -0.05) is 16.8 Å². The largest absolute Gasteiger partial charge is 0.485 e. The molecule has 1 aliphatic rings. The van der Waals surface area contributed by atoms with E-state index in [-0.39, 0.29) is 12.3 Å². The van der Waals surface area contributed by atoms with Crippen LogP contribution in [0.2, 0.25) is 5.02 Å². The maximum Gasteiger partial charge on any atom is 0.280 e. The van der Waals surface area contributed by atoms with Crippen molar-refractivity contribution in [2.45, 2.75) is 31.8 Å². The number of nitrogens with zero attached hydrogens (tertiary/aromatic N) is 2. The van der Waals surface area contributed by atoms with E-state index in [4.69, 9.17) is 20.9 Å². The van der Waals surface area contributed by atoms with E-state index in [9.17, 15) is 8.78 Å². The van der Waals surface area contributed by atoms with Crippen molar-refractivity contribution < 1.29 is 18.0 Å². The summed E-state index contributed by atoms with van der Waals surface area (Å²) < 4.78 is 37.0. The van der Waals surface area contributed by atoms with Crippen molar-refractivity contribution in [3.05, 3.63) is 52.5 Å². The number of pyridine rings is 1. The third-order valence-electron chi connectivity index (χ3n) is 3.92. The predicted octanol–water partition coefficient (Wildman–Crippen LogP) is 5.27. The molecule has 1 aliphatic carbocycles. The van der Waals surface area contributed by atoms with Crippen molar-refractivity contribution in [3.8, 4) is 5.75 Å². The first-order valence-corrected chi connectivity index (χ1v) is 7.94. The molecule has 1 fully saturated rings. The fraction of sp³-hybridized carbons (Fsp3) is 0.294. The van der Waals surface area contributed by atoms with Crippen molar-refractivity contribution in [1.82, 2.24) is 10.1 Å². The molecule has 4 nitrogen and oxygen atoms in total. The first-order valence-electron chi connectivity index (χ1n) is 7.57. The summed E-state index contributed by atoms with van der Waals surface area (Å²) in [6, 6.07) is 7.93. The maximum absolute atomic E-state index is 13.0. The van der Waals surface area contributed by atoms with E-state index in [0.717, 1.165) is 18.5 Å². The van der Waals surface area contributed by atoms with Crippen LogP contribution in [0, 0.1) is 0 Å². The van der Waals surface area contributed by atoms with E-state index in [2.05, 4.69) is 10.1 Å². The second-order valence-electron chi connectivity index (χ2n) is 5.79. The number of aromatic nitrogens is 2. The zero-order valence-electron chi connectivity index (χ0n) is 12.5. The molecule has 0 atom stereocenters. The van der Waals surface area contributed by atoms with Crippen LogP contribution in [0.3, 0.4) is 0 Å². The van der Waals surface area contributed by atoms with Gasteiger partial charge in [0.05, 0.1) is 11.2 Å². The van der Waals surface area contributed by atoms with Crippen LogP contribution in [-0.2, 0) is 6.61 Å².